The summed E-state index contributed by atoms with van der Waals surface area (Å²) in [4.78, 5) is 24.9. The Morgan fingerprint density at radius 2 is 1.92 bits per heavy atom. The smallest absolute Gasteiger partial charge is 0.370 e. The van der Waals surface area contributed by atoms with Crippen LogP contribution in [0.15, 0.2) is 24.3 Å². The lowest BCUT2D eigenvalue weighted by Crippen LogP contribution is -2.50. The molecule has 0 saturated carbocycles. The Hall–Kier alpha value is -2.09. The van der Waals surface area contributed by atoms with E-state index in [2.05, 4.69) is 5.32 Å². The van der Waals surface area contributed by atoms with Gasteiger partial charge in [0, 0.05) is 13.5 Å². The van der Waals surface area contributed by atoms with Gasteiger partial charge in [-0.05, 0) is 24.6 Å². The fourth-order valence-corrected chi connectivity index (χ4v) is 2.58. The average Bonchev–Trinajstić information content (AvgIpc) is 2.53. The fourth-order valence-electron chi connectivity index (χ4n) is 2.58. The SMILES string of the molecule is CC(=O)N[C@H](C)C(=O)N1CCO[C@H](c2ccc(C(F)(F)F)cc2)C1. The van der Waals surface area contributed by atoms with Gasteiger partial charge in [0.15, 0.2) is 0 Å². The normalized spacial score (nSPS) is 19.7. The van der Waals surface area contributed by atoms with Crippen molar-refractivity contribution in [2.45, 2.75) is 32.2 Å². The molecule has 1 aliphatic heterocycles. The molecule has 5 nitrogen and oxygen atoms in total. The molecule has 0 aliphatic carbocycles. The minimum atomic E-state index is -4.39. The molecule has 1 saturated heterocycles. The van der Waals surface area contributed by atoms with Crippen LogP contribution in [0.3, 0.4) is 0 Å². The van der Waals surface area contributed by atoms with Crippen LogP contribution in [0.1, 0.15) is 31.1 Å². The Labute approximate surface area is 137 Å². The summed E-state index contributed by atoms with van der Waals surface area (Å²) in [5.41, 5.74) is -0.151. The van der Waals surface area contributed by atoms with Gasteiger partial charge in [-0.25, -0.2) is 0 Å². The van der Waals surface area contributed by atoms with Gasteiger partial charge in [0.2, 0.25) is 11.8 Å². The largest absolute Gasteiger partial charge is 0.416 e. The number of hydrogen-bond acceptors (Lipinski definition) is 3. The van der Waals surface area contributed by atoms with Crippen molar-refractivity contribution >= 4 is 11.8 Å². The molecule has 1 fully saturated rings. The zero-order valence-electron chi connectivity index (χ0n) is 13.4. The van der Waals surface area contributed by atoms with Crippen LogP contribution < -0.4 is 5.32 Å². The van der Waals surface area contributed by atoms with Crippen LogP contribution in [0.2, 0.25) is 0 Å². The second kappa shape index (κ2) is 7.21. The van der Waals surface area contributed by atoms with Crippen molar-refractivity contribution in [3.63, 3.8) is 0 Å². The standard InChI is InChI=1S/C16H19F3N2O3/c1-10(20-11(2)22)15(23)21-7-8-24-14(9-21)12-3-5-13(6-4-12)16(17,18)19/h3-6,10,14H,7-9H2,1-2H3,(H,20,22)/t10-,14+/m1/s1. The molecule has 0 unspecified atom stereocenters. The summed E-state index contributed by atoms with van der Waals surface area (Å²) in [5, 5.41) is 2.52. The molecule has 0 spiro atoms. The number of nitrogens with zero attached hydrogens (tertiary/aromatic N) is 1. The Morgan fingerprint density at radius 3 is 2.46 bits per heavy atom. The maximum atomic E-state index is 12.6. The highest BCUT2D eigenvalue weighted by molar-refractivity contribution is 5.86. The van der Waals surface area contributed by atoms with Crippen LogP contribution in [0.5, 0.6) is 0 Å². The molecule has 1 heterocycles. The van der Waals surface area contributed by atoms with Crippen molar-refractivity contribution in [3.05, 3.63) is 35.4 Å². The van der Waals surface area contributed by atoms with E-state index in [1.54, 1.807) is 11.8 Å². The van der Waals surface area contributed by atoms with Gasteiger partial charge in [0.1, 0.15) is 12.1 Å². The first-order chi connectivity index (χ1) is 11.2. The topological polar surface area (TPSA) is 58.6 Å². The molecule has 2 rings (SSSR count). The van der Waals surface area contributed by atoms with Crippen molar-refractivity contribution in [2.24, 2.45) is 0 Å². The predicted molar refractivity (Wildman–Crippen MR) is 80.0 cm³/mol. The van der Waals surface area contributed by atoms with Gasteiger partial charge < -0.3 is 15.0 Å². The number of amides is 2. The van der Waals surface area contributed by atoms with E-state index in [9.17, 15) is 22.8 Å². The van der Waals surface area contributed by atoms with Gasteiger partial charge in [-0.3, -0.25) is 9.59 Å². The fraction of sp³-hybridized carbons (Fsp3) is 0.500. The third-order valence-corrected chi connectivity index (χ3v) is 3.78. The summed E-state index contributed by atoms with van der Waals surface area (Å²) >= 11 is 0. The number of alkyl halides is 3. The van der Waals surface area contributed by atoms with E-state index in [0.29, 0.717) is 12.1 Å². The molecule has 0 radical (unpaired) electrons. The van der Waals surface area contributed by atoms with Gasteiger partial charge in [0.05, 0.1) is 18.7 Å². The molecule has 132 valence electrons. The summed E-state index contributed by atoms with van der Waals surface area (Å²) in [5.74, 6) is -0.547. The predicted octanol–water partition coefficient (Wildman–Crippen LogP) is 2.13. The third-order valence-electron chi connectivity index (χ3n) is 3.78. The molecule has 1 aromatic rings. The van der Waals surface area contributed by atoms with Crippen molar-refractivity contribution in [3.8, 4) is 0 Å². The van der Waals surface area contributed by atoms with E-state index in [1.807, 2.05) is 0 Å². The lowest BCUT2D eigenvalue weighted by Gasteiger charge is -2.34. The Balaban J connectivity index is 2.05. The van der Waals surface area contributed by atoms with Crippen LogP contribution in [-0.4, -0.2) is 42.5 Å². The van der Waals surface area contributed by atoms with Crippen LogP contribution in [0.25, 0.3) is 0 Å². The van der Waals surface area contributed by atoms with Gasteiger partial charge in [-0.15, -0.1) is 0 Å². The average molecular weight is 344 g/mol. The number of morpholine rings is 1. The molecule has 24 heavy (non-hydrogen) atoms. The molecule has 8 heteroatoms. The minimum absolute atomic E-state index is 0.230. The van der Waals surface area contributed by atoms with Gasteiger partial charge in [-0.2, -0.15) is 13.2 Å². The molecular weight excluding hydrogens is 325 g/mol. The van der Waals surface area contributed by atoms with E-state index in [1.165, 1.54) is 19.1 Å². The van der Waals surface area contributed by atoms with Crippen molar-refractivity contribution < 1.29 is 27.5 Å². The Morgan fingerprint density at radius 1 is 1.29 bits per heavy atom. The minimum Gasteiger partial charge on any atom is -0.370 e. The number of halogens is 3. The molecule has 0 aromatic heterocycles. The van der Waals surface area contributed by atoms with E-state index in [4.69, 9.17) is 4.74 Å². The molecule has 1 aliphatic rings. The molecule has 0 bridgehead atoms. The maximum Gasteiger partial charge on any atom is 0.416 e. The summed E-state index contributed by atoms with van der Waals surface area (Å²) in [6.07, 6.45) is -4.88. The summed E-state index contributed by atoms with van der Waals surface area (Å²) in [6, 6.07) is 4.06. The highest BCUT2D eigenvalue weighted by Crippen LogP contribution is 2.31. The van der Waals surface area contributed by atoms with Crippen molar-refractivity contribution in [2.75, 3.05) is 19.7 Å². The first kappa shape index (κ1) is 18.3. The first-order valence-corrected chi connectivity index (χ1v) is 7.53. The molecule has 1 aromatic carbocycles. The number of ether oxygens (including phenoxy) is 1. The number of carbonyl (C=O) groups excluding carboxylic acids is 2. The summed E-state index contributed by atoms with van der Waals surface area (Å²) < 4.78 is 43.4. The number of rotatable bonds is 3. The zero-order chi connectivity index (χ0) is 17.9. The Kier molecular flexibility index (Phi) is 5.48. The molecule has 1 N–H and O–H groups in total. The van der Waals surface area contributed by atoms with E-state index < -0.39 is 23.9 Å². The van der Waals surface area contributed by atoms with E-state index >= 15 is 0 Å². The number of benzene rings is 1. The van der Waals surface area contributed by atoms with Crippen LogP contribution in [0.4, 0.5) is 13.2 Å². The van der Waals surface area contributed by atoms with E-state index in [0.717, 1.165) is 12.1 Å². The van der Waals surface area contributed by atoms with Crippen LogP contribution >= 0.6 is 0 Å². The van der Waals surface area contributed by atoms with Crippen molar-refractivity contribution in [1.82, 2.24) is 10.2 Å². The second-order valence-electron chi connectivity index (χ2n) is 5.69. The monoisotopic (exact) mass is 344 g/mol. The van der Waals surface area contributed by atoms with E-state index in [-0.39, 0.29) is 25.0 Å². The quantitative estimate of drug-likeness (QED) is 0.914. The van der Waals surface area contributed by atoms with Gasteiger partial charge in [-0.1, -0.05) is 12.1 Å². The zero-order valence-corrected chi connectivity index (χ0v) is 13.4. The number of hydrogen-bond donors (Lipinski definition) is 1. The highest BCUT2D eigenvalue weighted by atomic mass is 19.4. The second-order valence-corrected chi connectivity index (χ2v) is 5.69. The van der Waals surface area contributed by atoms with Crippen LogP contribution in [-0.2, 0) is 20.5 Å². The summed E-state index contributed by atoms with van der Waals surface area (Å²) in [7, 11) is 0. The first-order valence-electron chi connectivity index (χ1n) is 7.53. The van der Waals surface area contributed by atoms with Crippen LogP contribution in [0, 0.1) is 0 Å². The number of nitrogens with one attached hydrogen (secondary N) is 1. The third kappa shape index (κ3) is 4.47. The molecular formula is C16H19F3N2O3. The molecule has 2 amide bonds. The highest BCUT2D eigenvalue weighted by Gasteiger charge is 2.32. The summed E-state index contributed by atoms with van der Waals surface area (Å²) in [6.45, 7) is 3.80. The van der Waals surface area contributed by atoms with Gasteiger partial charge >= 0.3 is 6.18 Å². The van der Waals surface area contributed by atoms with Gasteiger partial charge in [0.25, 0.3) is 0 Å². The lowest BCUT2D eigenvalue weighted by atomic mass is 10.0. The molecule has 2 atom stereocenters. The number of carbonyl (C=O) groups is 2. The lowest BCUT2D eigenvalue weighted by molar-refractivity contribution is -0.142. The Bertz CT molecular complexity index is 602. The van der Waals surface area contributed by atoms with Crippen molar-refractivity contribution in [1.29, 1.82) is 0 Å². The maximum absolute atomic E-state index is 12.6.